The highest BCUT2D eigenvalue weighted by atomic mass is 15.1. The normalized spacial score (nSPS) is 19.3. The molecule has 210 valence electrons. The van der Waals surface area contributed by atoms with E-state index in [1.807, 2.05) is 0 Å². The van der Waals surface area contributed by atoms with Crippen LogP contribution in [-0.2, 0) is 10.8 Å². The van der Waals surface area contributed by atoms with Crippen LogP contribution in [0.15, 0.2) is 84.5 Å². The summed E-state index contributed by atoms with van der Waals surface area (Å²) in [4.78, 5) is 2.49. The first-order valence-electron chi connectivity index (χ1n) is 15.5. The van der Waals surface area contributed by atoms with E-state index in [9.17, 15) is 0 Å². The van der Waals surface area contributed by atoms with Gasteiger partial charge in [-0.3, -0.25) is 0 Å². The number of anilines is 3. The van der Waals surface area contributed by atoms with Gasteiger partial charge in [-0.1, -0.05) is 70.2 Å². The van der Waals surface area contributed by atoms with Crippen molar-refractivity contribution in [3.05, 3.63) is 118 Å². The average Bonchev–Trinajstić information content (AvgIpc) is 3.24. The Hall–Kier alpha value is -4.04. The minimum atomic E-state index is -0.118. The number of allylic oxidation sites excluding steroid dienone is 4. The van der Waals surface area contributed by atoms with Gasteiger partial charge in [-0.2, -0.15) is 0 Å². The van der Waals surface area contributed by atoms with Gasteiger partial charge in [-0.05, 0) is 109 Å². The molecule has 1 aromatic heterocycles. The fraction of sp³-hybridized carbons (Fsp3) is 0.300. The fourth-order valence-corrected chi connectivity index (χ4v) is 8.63. The lowest BCUT2D eigenvalue weighted by Crippen LogP contribution is -2.40. The number of benzene rings is 4. The zero-order chi connectivity index (χ0) is 29.3. The molecule has 0 spiro atoms. The van der Waals surface area contributed by atoms with Crippen molar-refractivity contribution in [2.45, 2.75) is 72.6 Å². The minimum absolute atomic E-state index is 0.0653. The Morgan fingerprint density at radius 2 is 1.24 bits per heavy atom. The highest BCUT2D eigenvalue weighted by Crippen LogP contribution is 2.59. The summed E-state index contributed by atoms with van der Waals surface area (Å²) in [6, 6.07) is 25.9. The molecule has 0 fully saturated rings. The van der Waals surface area contributed by atoms with E-state index in [1.165, 1.54) is 83.5 Å². The quantitative estimate of drug-likeness (QED) is 0.218. The predicted molar refractivity (Wildman–Crippen MR) is 180 cm³/mol. The SMILES string of the molecule is Cc1cc(C)cc(N(c2cc(C)cc(C)c2)c2cc3c4c(c2)c2cccc5c2n4C2=C(C=CCC2C5(C)C)C3(C)C)c1. The average molecular weight is 549 g/mol. The van der Waals surface area contributed by atoms with Crippen LogP contribution in [0.2, 0.25) is 0 Å². The highest BCUT2D eigenvalue weighted by molar-refractivity contribution is 6.16. The molecule has 0 saturated carbocycles. The zero-order valence-electron chi connectivity index (χ0n) is 26.2. The van der Waals surface area contributed by atoms with Crippen LogP contribution in [0.1, 0.15) is 67.5 Å². The van der Waals surface area contributed by atoms with Gasteiger partial charge in [0.25, 0.3) is 0 Å². The second-order valence-electron chi connectivity index (χ2n) is 14.3. The monoisotopic (exact) mass is 548 g/mol. The number of fused-ring (bicyclic) bond motifs is 1. The van der Waals surface area contributed by atoms with Gasteiger partial charge in [0.15, 0.2) is 0 Å². The van der Waals surface area contributed by atoms with E-state index in [0.717, 1.165) is 6.42 Å². The maximum Gasteiger partial charge on any atom is 0.0580 e. The third kappa shape index (κ3) is 3.27. The summed E-state index contributed by atoms with van der Waals surface area (Å²) in [5.41, 5.74) is 17.5. The molecule has 42 heavy (non-hydrogen) atoms. The topological polar surface area (TPSA) is 8.17 Å². The first kappa shape index (κ1) is 25.7. The van der Waals surface area contributed by atoms with Gasteiger partial charge in [0.05, 0.1) is 11.0 Å². The number of para-hydroxylation sites is 1. The third-order valence-electron chi connectivity index (χ3n) is 10.5. The maximum atomic E-state index is 2.68. The first-order chi connectivity index (χ1) is 20.0. The standard InChI is InChI=1S/C40H40N2/c1-23-15-24(2)18-27(17-23)41(28-19-25(3)16-26(4)20-28)29-21-31-30-11-9-12-32-36(30)42-37(31)35(22-29)40(7,8)34-14-10-13-33(38(34)42)39(32,5)6/h9-12,14-22,33H,13H2,1-8H3. The molecule has 1 atom stereocenters. The van der Waals surface area contributed by atoms with Gasteiger partial charge in [-0.25, -0.2) is 0 Å². The second-order valence-corrected chi connectivity index (χ2v) is 14.3. The lowest BCUT2D eigenvalue weighted by atomic mass is 9.62. The van der Waals surface area contributed by atoms with Crippen LogP contribution in [0.25, 0.3) is 27.5 Å². The van der Waals surface area contributed by atoms with E-state index >= 15 is 0 Å². The number of hydrogen-bond donors (Lipinski definition) is 0. The summed E-state index contributed by atoms with van der Waals surface area (Å²) < 4.78 is 2.68. The Balaban J connectivity index is 1.52. The van der Waals surface area contributed by atoms with E-state index in [2.05, 4.69) is 144 Å². The molecule has 2 aliphatic heterocycles. The molecule has 0 bridgehead atoms. The van der Waals surface area contributed by atoms with Gasteiger partial charge in [0.2, 0.25) is 0 Å². The molecule has 3 heterocycles. The van der Waals surface area contributed by atoms with Crippen molar-refractivity contribution in [2.75, 3.05) is 4.90 Å². The lowest BCUT2D eigenvalue weighted by Gasteiger charge is -2.48. The number of hydrogen-bond acceptors (Lipinski definition) is 1. The molecular weight excluding hydrogens is 508 g/mol. The van der Waals surface area contributed by atoms with Gasteiger partial charge in [-0.15, -0.1) is 0 Å². The molecule has 0 amide bonds. The van der Waals surface area contributed by atoms with Crippen molar-refractivity contribution >= 4 is 44.6 Å². The van der Waals surface area contributed by atoms with E-state index < -0.39 is 0 Å². The Kier molecular flexibility index (Phi) is 5.06. The molecule has 2 heteroatoms. The van der Waals surface area contributed by atoms with Crippen LogP contribution < -0.4 is 4.90 Å². The van der Waals surface area contributed by atoms with Crippen molar-refractivity contribution in [1.29, 1.82) is 0 Å². The van der Waals surface area contributed by atoms with Gasteiger partial charge >= 0.3 is 0 Å². The minimum Gasteiger partial charge on any atom is -0.312 e. The van der Waals surface area contributed by atoms with Gasteiger partial charge in [0.1, 0.15) is 0 Å². The smallest absolute Gasteiger partial charge is 0.0580 e. The second kappa shape index (κ2) is 8.28. The van der Waals surface area contributed by atoms with Crippen LogP contribution >= 0.6 is 0 Å². The van der Waals surface area contributed by atoms with Crippen molar-refractivity contribution in [1.82, 2.24) is 4.57 Å². The molecule has 1 unspecified atom stereocenters. The number of nitrogens with zero attached hydrogens (tertiary/aromatic N) is 2. The van der Waals surface area contributed by atoms with Crippen LogP contribution in [-0.4, -0.2) is 4.57 Å². The molecule has 1 aliphatic carbocycles. The van der Waals surface area contributed by atoms with Crippen LogP contribution in [0, 0.1) is 33.6 Å². The van der Waals surface area contributed by atoms with E-state index in [0.29, 0.717) is 5.92 Å². The van der Waals surface area contributed by atoms with Crippen molar-refractivity contribution in [3.63, 3.8) is 0 Å². The summed E-state index contributed by atoms with van der Waals surface area (Å²) in [5.74, 6) is 0.473. The maximum absolute atomic E-state index is 2.68. The summed E-state index contributed by atoms with van der Waals surface area (Å²) in [6.07, 6.45) is 5.97. The van der Waals surface area contributed by atoms with Crippen LogP contribution in [0.4, 0.5) is 17.1 Å². The van der Waals surface area contributed by atoms with E-state index in [4.69, 9.17) is 0 Å². The lowest BCUT2D eigenvalue weighted by molar-refractivity contribution is 0.371. The van der Waals surface area contributed by atoms with Crippen LogP contribution in [0.3, 0.4) is 0 Å². The highest BCUT2D eigenvalue weighted by Gasteiger charge is 2.48. The van der Waals surface area contributed by atoms with Crippen molar-refractivity contribution in [3.8, 4) is 0 Å². The molecule has 8 rings (SSSR count). The Labute approximate surface area is 250 Å². The summed E-state index contributed by atoms with van der Waals surface area (Å²) in [7, 11) is 0. The molecule has 4 aromatic carbocycles. The Morgan fingerprint density at radius 1 is 0.667 bits per heavy atom. The molecule has 5 aromatic rings. The molecule has 2 nitrogen and oxygen atoms in total. The summed E-state index contributed by atoms with van der Waals surface area (Å²) >= 11 is 0. The molecular formula is C40H40N2. The molecule has 0 N–H and O–H groups in total. The molecule has 3 aliphatic rings. The third-order valence-corrected chi connectivity index (χ3v) is 10.5. The van der Waals surface area contributed by atoms with E-state index in [1.54, 1.807) is 0 Å². The number of aromatic nitrogens is 1. The van der Waals surface area contributed by atoms with Gasteiger partial charge < -0.3 is 9.47 Å². The number of aryl methyl sites for hydroxylation is 4. The Morgan fingerprint density at radius 3 is 1.86 bits per heavy atom. The van der Waals surface area contributed by atoms with Crippen molar-refractivity contribution in [2.24, 2.45) is 5.92 Å². The predicted octanol–water partition coefficient (Wildman–Crippen LogP) is 10.9. The van der Waals surface area contributed by atoms with E-state index in [-0.39, 0.29) is 10.8 Å². The fourth-order valence-electron chi connectivity index (χ4n) is 8.63. The largest absolute Gasteiger partial charge is 0.312 e. The van der Waals surface area contributed by atoms with Crippen LogP contribution in [0.5, 0.6) is 0 Å². The Bertz CT molecular complexity index is 1970. The first-order valence-corrected chi connectivity index (χ1v) is 15.5. The van der Waals surface area contributed by atoms with Gasteiger partial charge in [0, 0.05) is 50.3 Å². The number of rotatable bonds is 3. The zero-order valence-corrected chi connectivity index (χ0v) is 26.2. The molecule has 0 radical (unpaired) electrons. The summed E-state index contributed by atoms with van der Waals surface area (Å²) in [6.45, 7) is 18.7. The summed E-state index contributed by atoms with van der Waals surface area (Å²) in [5, 5.41) is 2.74. The molecule has 0 saturated heterocycles. The van der Waals surface area contributed by atoms with Crippen molar-refractivity contribution < 1.29 is 0 Å².